The summed E-state index contributed by atoms with van der Waals surface area (Å²) in [7, 11) is 0. The number of hydrogen-bond acceptors (Lipinski definition) is 4. The predicted octanol–water partition coefficient (Wildman–Crippen LogP) is 6.30. The summed E-state index contributed by atoms with van der Waals surface area (Å²) in [5, 5.41) is 9.21. The van der Waals surface area contributed by atoms with E-state index in [4.69, 9.17) is 4.74 Å². The first-order valence-electron chi connectivity index (χ1n) is 13.5. The van der Waals surface area contributed by atoms with E-state index in [9.17, 15) is 14.7 Å². The van der Waals surface area contributed by atoms with E-state index in [1.54, 1.807) is 4.90 Å². The fourth-order valence-corrected chi connectivity index (χ4v) is 7.19. The molecular weight excluding hydrogens is 509 g/mol. The lowest BCUT2D eigenvalue weighted by atomic mass is 9.70. The summed E-state index contributed by atoms with van der Waals surface area (Å²) in [4.78, 5) is 26.3. The number of carboxylic acids is 1. The smallest absolute Gasteiger partial charge is 0.341 e. The predicted molar refractivity (Wildman–Crippen MR) is 141 cm³/mol. The number of nitrogens with zero attached hydrogens (tertiary/aromatic N) is 2. The zero-order valence-corrected chi connectivity index (χ0v) is 22.2. The average molecular weight is 541 g/mol. The summed E-state index contributed by atoms with van der Waals surface area (Å²) in [5.41, 5.74) is -2.18. The number of hydrogen-bond donors (Lipinski definition) is 1. The molecule has 2 aliphatic carbocycles. The maximum atomic E-state index is 16.0. The summed E-state index contributed by atoms with van der Waals surface area (Å²) in [6.07, 6.45) is 5.33. The van der Waals surface area contributed by atoms with Crippen molar-refractivity contribution in [3.63, 3.8) is 0 Å². The van der Waals surface area contributed by atoms with Gasteiger partial charge in [0.2, 0.25) is 5.43 Å². The zero-order valence-electron chi connectivity index (χ0n) is 22.2. The van der Waals surface area contributed by atoms with Crippen LogP contribution in [0.5, 0.6) is 5.75 Å². The fourth-order valence-electron chi connectivity index (χ4n) is 7.19. The van der Waals surface area contributed by atoms with Gasteiger partial charge in [0, 0.05) is 36.5 Å². The Balaban J connectivity index is 1.46. The number of rotatable bonds is 5. The van der Waals surface area contributed by atoms with Crippen LogP contribution in [0.3, 0.4) is 0 Å². The highest BCUT2D eigenvalue weighted by Crippen LogP contribution is 2.66. The zero-order chi connectivity index (χ0) is 27.9. The molecule has 39 heavy (non-hydrogen) atoms. The Hall–Kier alpha value is -3.49. The van der Waals surface area contributed by atoms with Crippen LogP contribution in [0.25, 0.3) is 16.6 Å². The number of benzene rings is 2. The quantitative estimate of drug-likeness (QED) is 0.411. The van der Waals surface area contributed by atoms with Gasteiger partial charge in [-0.2, -0.15) is 0 Å². The van der Waals surface area contributed by atoms with E-state index in [1.807, 2.05) is 0 Å². The van der Waals surface area contributed by atoms with E-state index in [2.05, 4.69) is 20.8 Å². The molecule has 6 rings (SSSR count). The Morgan fingerprint density at radius 3 is 2.38 bits per heavy atom. The van der Waals surface area contributed by atoms with Gasteiger partial charge in [0.05, 0.1) is 10.9 Å². The Labute approximate surface area is 224 Å². The highest BCUT2D eigenvalue weighted by molar-refractivity contribution is 5.94. The van der Waals surface area contributed by atoms with Gasteiger partial charge in [-0.1, -0.05) is 20.8 Å². The number of pyridine rings is 1. The van der Waals surface area contributed by atoms with Crippen molar-refractivity contribution in [3.8, 4) is 11.4 Å². The molecule has 3 atom stereocenters. The van der Waals surface area contributed by atoms with Crippen LogP contribution in [-0.2, 0) is 0 Å². The molecule has 1 aromatic heterocycles. The first-order chi connectivity index (χ1) is 18.4. The Morgan fingerprint density at radius 1 is 1.08 bits per heavy atom. The summed E-state index contributed by atoms with van der Waals surface area (Å²) >= 11 is 0. The molecule has 1 saturated heterocycles. The van der Waals surface area contributed by atoms with Crippen LogP contribution in [0, 0.1) is 34.2 Å². The van der Waals surface area contributed by atoms with Gasteiger partial charge in [-0.25, -0.2) is 18.0 Å². The van der Waals surface area contributed by atoms with Crippen LogP contribution in [0.15, 0.2) is 35.3 Å². The number of fused-ring (bicyclic) bond motifs is 3. The van der Waals surface area contributed by atoms with E-state index >= 15 is 13.2 Å². The van der Waals surface area contributed by atoms with E-state index in [-0.39, 0.29) is 39.6 Å². The summed E-state index contributed by atoms with van der Waals surface area (Å²) in [5.74, 6) is -3.61. The average Bonchev–Trinajstić information content (AvgIpc) is 3.52. The molecule has 0 amide bonds. The Morgan fingerprint density at radius 2 is 1.79 bits per heavy atom. The minimum atomic E-state index is -1.55. The molecule has 2 bridgehead atoms. The monoisotopic (exact) mass is 540 g/mol. The number of anilines is 1. The molecule has 206 valence electrons. The van der Waals surface area contributed by atoms with E-state index in [0.717, 1.165) is 55.0 Å². The van der Waals surface area contributed by atoms with Crippen LogP contribution < -0.4 is 15.1 Å². The highest BCUT2D eigenvalue weighted by Gasteiger charge is 2.62. The van der Waals surface area contributed by atoms with E-state index < -0.39 is 39.8 Å². The lowest BCUT2D eigenvalue weighted by molar-refractivity contribution is 0.0278. The first-order valence-corrected chi connectivity index (χ1v) is 13.5. The molecule has 0 radical (unpaired) electrons. The van der Waals surface area contributed by atoms with Crippen LogP contribution in [0.2, 0.25) is 0 Å². The second-order valence-corrected chi connectivity index (χ2v) is 12.0. The minimum Gasteiger partial charge on any atom is -0.487 e. The Bertz CT molecular complexity index is 1580. The second-order valence-electron chi connectivity index (χ2n) is 12.0. The molecule has 0 spiro atoms. The lowest BCUT2D eigenvalue weighted by Gasteiger charge is -2.38. The van der Waals surface area contributed by atoms with Gasteiger partial charge in [0.15, 0.2) is 17.4 Å². The lowest BCUT2D eigenvalue weighted by Crippen LogP contribution is -2.39. The SMILES string of the molecule is CC1(C)C2CCC1(C)C(Oc1ccc(-n3cc(C(=O)O)c(=O)c4cc(F)c(N5CCCC5)c(F)c43)cc1F)C2. The van der Waals surface area contributed by atoms with Gasteiger partial charge in [-0.15, -0.1) is 0 Å². The van der Waals surface area contributed by atoms with Gasteiger partial charge >= 0.3 is 5.97 Å². The maximum Gasteiger partial charge on any atom is 0.341 e. The van der Waals surface area contributed by atoms with Crippen molar-refractivity contribution < 1.29 is 27.8 Å². The third-order valence-electron chi connectivity index (χ3n) is 9.99. The molecule has 3 fully saturated rings. The molecular formula is C30H31F3N2O4. The van der Waals surface area contributed by atoms with Crippen LogP contribution >= 0.6 is 0 Å². The summed E-state index contributed by atoms with van der Waals surface area (Å²) in [6.45, 7) is 7.58. The number of carbonyl (C=O) groups is 1. The number of halogens is 3. The van der Waals surface area contributed by atoms with Gasteiger partial charge in [-0.3, -0.25) is 4.79 Å². The van der Waals surface area contributed by atoms with Crippen molar-refractivity contribution in [1.82, 2.24) is 4.57 Å². The molecule has 9 heteroatoms. The van der Waals surface area contributed by atoms with Crippen molar-refractivity contribution in [1.29, 1.82) is 0 Å². The normalized spacial score (nSPS) is 25.5. The number of carboxylic acid groups (broad SMARTS) is 1. The molecule has 6 nitrogen and oxygen atoms in total. The second kappa shape index (κ2) is 8.76. The van der Waals surface area contributed by atoms with Crippen molar-refractivity contribution in [2.24, 2.45) is 16.7 Å². The summed E-state index contributed by atoms with van der Waals surface area (Å²) in [6, 6.07) is 4.94. The first kappa shape index (κ1) is 25.8. The molecule has 2 aromatic carbocycles. The molecule has 3 unspecified atom stereocenters. The van der Waals surface area contributed by atoms with Gasteiger partial charge in [0.25, 0.3) is 0 Å². The number of ether oxygens (including phenoxy) is 1. The standard InChI is InChI=1S/C30H31F3N2O4/c1-29(2)16-8-9-30(29,3)23(12-16)39-22-7-6-17(13-20(22)31)35-15-19(28(37)38)27(36)18-14-21(32)26(24(33)25(18)35)34-10-4-5-11-34/h6-7,13-16,23H,4-5,8-12H2,1-3H3,(H,37,38). The summed E-state index contributed by atoms with van der Waals surface area (Å²) < 4.78 is 53.9. The molecule has 2 saturated carbocycles. The van der Waals surface area contributed by atoms with E-state index in [1.165, 1.54) is 12.1 Å². The maximum absolute atomic E-state index is 16.0. The topological polar surface area (TPSA) is 71.8 Å². The fraction of sp³-hybridized carbons (Fsp3) is 0.467. The van der Waals surface area contributed by atoms with Crippen molar-refractivity contribution >= 4 is 22.6 Å². The van der Waals surface area contributed by atoms with Gasteiger partial charge < -0.3 is 19.3 Å². The van der Waals surface area contributed by atoms with Crippen molar-refractivity contribution in [3.05, 3.63) is 63.7 Å². The number of aromatic nitrogens is 1. The van der Waals surface area contributed by atoms with Crippen molar-refractivity contribution in [2.75, 3.05) is 18.0 Å². The molecule has 3 aliphatic rings. The third-order valence-corrected chi connectivity index (χ3v) is 9.99. The largest absolute Gasteiger partial charge is 0.487 e. The van der Waals surface area contributed by atoms with E-state index in [0.29, 0.717) is 19.0 Å². The van der Waals surface area contributed by atoms with Gasteiger partial charge in [-0.05, 0) is 61.6 Å². The highest BCUT2D eigenvalue weighted by atomic mass is 19.1. The van der Waals surface area contributed by atoms with Gasteiger partial charge in [0.1, 0.15) is 23.2 Å². The Kier molecular flexibility index (Phi) is 5.79. The third kappa shape index (κ3) is 3.68. The van der Waals surface area contributed by atoms with Crippen LogP contribution in [0.4, 0.5) is 18.9 Å². The molecule has 3 aromatic rings. The molecule has 1 N–H and O–H groups in total. The molecule has 2 heterocycles. The molecule has 1 aliphatic heterocycles. The van der Waals surface area contributed by atoms with Crippen molar-refractivity contribution in [2.45, 2.75) is 59.0 Å². The van der Waals surface area contributed by atoms with Crippen LogP contribution in [0.1, 0.15) is 63.2 Å². The van der Waals surface area contributed by atoms with Crippen LogP contribution in [-0.4, -0.2) is 34.8 Å². The number of aromatic carboxylic acids is 1. The minimum absolute atomic E-state index is 0.0569.